The highest BCUT2D eigenvalue weighted by Gasteiger charge is 2.32. The molecule has 0 bridgehead atoms. The Morgan fingerprint density at radius 3 is 2.38 bits per heavy atom. The number of aryl methyl sites for hydroxylation is 1. The molecule has 0 aliphatic heterocycles. The zero-order valence-electron chi connectivity index (χ0n) is 12.2. The van der Waals surface area contributed by atoms with Gasteiger partial charge >= 0.3 is 6.18 Å². The van der Waals surface area contributed by atoms with E-state index >= 15 is 0 Å². The monoisotopic (exact) mass is 306 g/mol. The molecule has 1 aromatic rings. The molecule has 1 amide bonds. The quantitative estimate of drug-likeness (QED) is 0.781. The van der Waals surface area contributed by atoms with E-state index in [-0.39, 0.29) is 13.1 Å². The molecule has 118 valence electrons. The summed E-state index contributed by atoms with van der Waals surface area (Å²) < 4.78 is 51.0. The molecular weight excluding hydrogens is 288 g/mol. The van der Waals surface area contributed by atoms with Gasteiger partial charge in [-0.2, -0.15) is 13.2 Å². The lowest BCUT2D eigenvalue weighted by atomic mass is 10.1. The van der Waals surface area contributed by atoms with Crippen LogP contribution in [0, 0.1) is 12.7 Å². The van der Waals surface area contributed by atoms with Crippen LogP contribution in [0.25, 0.3) is 0 Å². The van der Waals surface area contributed by atoms with Crippen LogP contribution in [-0.2, 0) is 11.3 Å². The average molecular weight is 306 g/mol. The number of hydrogen-bond acceptors (Lipinski definition) is 2. The molecule has 0 atom stereocenters. The fourth-order valence-electron chi connectivity index (χ4n) is 1.81. The highest BCUT2D eigenvalue weighted by molar-refractivity contribution is 5.77. The molecule has 0 aliphatic rings. The maximum Gasteiger partial charge on any atom is 0.401 e. The van der Waals surface area contributed by atoms with E-state index in [1.807, 2.05) is 0 Å². The first-order chi connectivity index (χ1) is 9.58. The van der Waals surface area contributed by atoms with Gasteiger partial charge in [-0.25, -0.2) is 4.39 Å². The molecular formula is C14H18F4N2O. The van der Waals surface area contributed by atoms with Gasteiger partial charge in [0.2, 0.25) is 5.91 Å². The molecule has 0 saturated heterocycles. The number of alkyl halides is 3. The molecule has 21 heavy (non-hydrogen) atoms. The van der Waals surface area contributed by atoms with Crippen molar-refractivity contribution in [3.8, 4) is 0 Å². The minimum absolute atomic E-state index is 0.136. The molecule has 1 aromatic carbocycles. The van der Waals surface area contributed by atoms with E-state index in [2.05, 4.69) is 0 Å². The van der Waals surface area contributed by atoms with E-state index in [1.165, 1.54) is 37.2 Å². The Hall–Kier alpha value is -1.63. The summed E-state index contributed by atoms with van der Waals surface area (Å²) in [5.41, 5.74) is 1.12. The number of halogens is 4. The number of carbonyl (C=O) groups is 1. The van der Waals surface area contributed by atoms with Crippen LogP contribution in [0.1, 0.15) is 11.1 Å². The van der Waals surface area contributed by atoms with E-state index < -0.39 is 24.4 Å². The molecule has 3 nitrogen and oxygen atoms in total. The van der Waals surface area contributed by atoms with E-state index in [9.17, 15) is 22.4 Å². The van der Waals surface area contributed by atoms with Crippen molar-refractivity contribution in [2.45, 2.75) is 19.6 Å². The van der Waals surface area contributed by atoms with Crippen molar-refractivity contribution in [1.29, 1.82) is 0 Å². The molecule has 0 spiro atoms. The van der Waals surface area contributed by atoms with Crippen LogP contribution in [0.15, 0.2) is 18.2 Å². The molecule has 0 radical (unpaired) electrons. The number of rotatable bonds is 5. The largest absolute Gasteiger partial charge is 0.401 e. The third kappa shape index (κ3) is 6.12. The lowest BCUT2D eigenvalue weighted by molar-refractivity contribution is -0.151. The molecule has 0 saturated carbocycles. The van der Waals surface area contributed by atoms with Crippen molar-refractivity contribution in [3.05, 3.63) is 35.1 Å². The van der Waals surface area contributed by atoms with Gasteiger partial charge in [0.05, 0.1) is 13.1 Å². The van der Waals surface area contributed by atoms with Crippen LogP contribution < -0.4 is 0 Å². The first-order valence-corrected chi connectivity index (χ1v) is 6.33. The molecule has 0 unspecified atom stereocenters. The number of amides is 1. The Balaban J connectivity index is 2.90. The number of hydrogen-bond donors (Lipinski definition) is 0. The van der Waals surface area contributed by atoms with Gasteiger partial charge in [-0.05, 0) is 30.2 Å². The number of carbonyl (C=O) groups excluding carboxylic acids is 1. The summed E-state index contributed by atoms with van der Waals surface area (Å²) in [4.78, 5) is 13.8. The topological polar surface area (TPSA) is 23.6 Å². The normalized spacial score (nSPS) is 11.8. The van der Waals surface area contributed by atoms with Gasteiger partial charge in [0, 0.05) is 20.6 Å². The van der Waals surface area contributed by atoms with Crippen molar-refractivity contribution in [1.82, 2.24) is 9.80 Å². The molecule has 0 aliphatic carbocycles. The predicted molar refractivity (Wildman–Crippen MR) is 71.2 cm³/mol. The average Bonchev–Trinajstić information content (AvgIpc) is 2.31. The first-order valence-electron chi connectivity index (χ1n) is 6.33. The molecule has 0 N–H and O–H groups in total. The second-order valence-corrected chi connectivity index (χ2v) is 5.12. The zero-order chi connectivity index (χ0) is 16.2. The standard InChI is InChI=1S/C14H18F4N2O/c1-10-4-5-12(15)6-11(10)7-20(9-14(16,17)18)8-13(21)19(2)3/h4-6H,7-9H2,1-3H3. The SMILES string of the molecule is Cc1ccc(F)cc1CN(CC(=O)N(C)C)CC(F)(F)F. The Bertz CT molecular complexity index is 500. The van der Waals surface area contributed by atoms with Crippen molar-refractivity contribution >= 4 is 5.91 Å². The van der Waals surface area contributed by atoms with E-state index in [4.69, 9.17) is 0 Å². The maximum absolute atomic E-state index is 13.2. The third-order valence-electron chi connectivity index (χ3n) is 2.97. The van der Waals surface area contributed by atoms with Gasteiger partial charge in [-0.15, -0.1) is 0 Å². The lowest BCUT2D eigenvalue weighted by Gasteiger charge is -2.25. The second kappa shape index (κ2) is 6.89. The van der Waals surface area contributed by atoms with Crippen LogP contribution in [-0.4, -0.2) is 49.1 Å². The molecule has 0 fully saturated rings. The summed E-state index contributed by atoms with van der Waals surface area (Å²) in [6.45, 7) is -0.0397. The molecule has 7 heteroatoms. The number of benzene rings is 1. The summed E-state index contributed by atoms with van der Waals surface area (Å²) in [7, 11) is 2.95. The van der Waals surface area contributed by atoms with Crippen molar-refractivity contribution < 1.29 is 22.4 Å². The Kier molecular flexibility index (Phi) is 5.71. The smallest absolute Gasteiger partial charge is 0.348 e. The second-order valence-electron chi connectivity index (χ2n) is 5.12. The van der Waals surface area contributed by atoms with Crippen molar-refractivity contribution in [2.24, 2.45) is 0 Å². The predicted octanol–water partition coefficient (Wildman–Crippen LogP) is 2.59. The zero-order valence-corrected chi connectivity index (χ0v) is 12.2. The van der Waals surface area contributed by atoms with E-state index in [0.29, 0.717) is 11.1 Å². The summed E-state index contributed by atoms with van der Waals surface area (Å²) in [6, 6.07) is 3.95. The highest BCUT2D eigenvalue weighted by Crippen LogP contribution is 2.19. The highest BCUT2D eigenvalue weighted by atomic mass is 19.4. The summed E-state index contributed by atoms with van der Waals surface area (Å²) in [5.74, 6) is -0.949. The fourth-order valence-corrected chi connectivity index (χ4v) is 1.81. The van der Waals surface area contributed by atoms with Crippen LogP contribution in [0.2, 0.25) is 0 Å². The molecule has 1 rings (SSSR count). The summed E-state index contributed by atoms with van der Waals surface area (Å²) in [6.07, 6.45) is -4.42. The van der Waals surface area contributed by atoms with Gasteiger partial charge < -0.3 is 4.90 Å². The van der Waals surface area contributed by atoms with Gasteiger partial charge in [0.1, 0.15) is 5.82 Å². The van der Waals surface area contributed by atoms with Crippen molar-refractivity contribution in [2.75, 3.05) is 27.2 Å². The Morgan fingerprint density at radius 1 is 1.24 bits per heavy atom. The van der Waals surface area contributed by atoms with Crippen LogP contribution in [0.5, 0.6) is 0 Å². The molecule has 0 aromatic heterocycles. The van der Waals surface area contributed by atoms with Crippen LogP contribution in [0.3, 0.4) is 0 Å². The fraction of sp³-hybridized carbons (Fsp3) is 0.500. The van der Waals surface area contributed by atoms with Gasteiger partial charge in [-0.1, -0.05) is 6.07 Å². The number of nitrogens with zero attached hydrogens (tertiary/aromatic N) is 2. The third-order valence-corrected chi connectivity index (χ3v) is 2.97. The minimum atomic E-state index is -4.42. The first kappa shape index (κ1) is 17.4. The lowest BCUT2D eigenvalue weighted by Crippen LogP contribution is -2.41. The number of likely N-dealkylation sites (N-methyl/N-ethyl adjacent to an activating group) is 1. The van der Waals surface area contributed by atoms with E-state index in [0.717, 1.165) is 4.90 Å². The van der Waals surface area contributed by atoms with Crippen LogP contribution in [0.4, 0.5) is 17.6 Å². The van der Waals surface area contributed by atoms with Gasteiger partial charge in [0.25, 0.3) is 0 Å². The van der Waals surface area contributed by atoms with Crippen LogP contribution >= 0.6 is 0 Å². The summed E-state index contributed by atoms with van der Waals surface area (Å²) >= 11 is 0. The Morgan fingerprint density at radius 2 is 1.86 bits per heavy atom. The molecule has 0 heterocycles. The maximum atomic E-state index is 13.2. The Labute approximate surface area is 121 Å². The van der Waals surface area contributed by atoms with Crippen molar-refractivity contribution in [3.63, 3.8) is 0 Å². The minimum Gasteiger partial charge on any atom is -0.348 e. The summed E-state index contributed by atoms with van der Waals surface area (Å²) in [5, 5.41) is 0. The van der Waals surface area contributed by atoms with E-state index in [1.54, 1.807) is 6.92 Å². The van der Waals surface area contributed by atoms with Gasteiger partial charge in [0.15, 0.2) is 0 Å². The van der Waals surface area contributed by atoms with Gasteiger partial charge in [-0.3, -0.25) is 9.69 Å².